The maximum atomic E-state index is 11.6. The molecule has 5 heteroatoms. The van der Waals surface area contributed by atoms with E-state index in [0.29, 0.717) is 5.82 Å². The maximum absolute atomic E-state index is 11.6. The number of hydrogen-bond acceptors (Lipinski definition) is 2. The average Bonchev–Trinajstić information content (AvgIpc) is 2.71. The summed E-state index contributed by atoms with van der Waals surface area (Å²) in [4.78, 5) is 11.6. The Morgan fingerprint density at radius 1 is 1.39 bits per heavy atom. The minimum Gasteiger partial charge on any atom is -0.309 e. The van der Waals surface area contributed by atoms with Gasteiger partial charge in [0.1, 0.15) is 11.2 Å². The molecule has 0 saturated carbocycles. The second-order valence-corrected chi connectivity index (χ2v) is 4.68. The van der Waals surface area contributed by atoms with Gasteiger partial charge in [-0.3, -0.25) is 4.79 Å². The second-order valence-electron chi connectivity index (χ2n) is 4.02. The van der Waals surface area contributed by atoms with Gasteiger partial charge in [-0.05, 0) is 26.0 Å². The molecule has 4 nitrogen and oxygen atoms in total. The zero-order valence-electron chi connectivity index (χ0n) is 10.2. The molecule has 1 heterocycles. The number of anilines is 1. The molecule has 1 atom stereocenters. The molecule has 0 aliphatic heterocycles. The van der Waals surface area contributed by atoms with E-state index in [1.54, 1.807) is 11.6 Å². The molecule has 1 N–H and O–H groups in total. The van der Waals surface area contributed by atoms with E-state index >= 15 is 0 Å². The molecular formula is C13H14ClN3O. The summed E-state index contributed by atoms with van der Waals surface area (Å²) in [5.74, 6) is 0.380. The molecule has 1 aromatic carbocycles. The van der Waals surface area contributed by atoms with Gasteiger partial charge in [0.05, 0.1) is 11.4 Å². The van der Waals surface area contributed by atoms with E-state index in [-0.39, 0.29) is 5.91 Å². The van der Waals surface area contributed by atoms with Crippen molar-refractivity contribution in [3.63, 3.8) is 0 Å². The Bertz CT molecular complexity index is 549. The van der Waals surface area contributed by atoms with Crippen LogP contribution in [0.3, 0.4) is 0 Å². The van der Waals surface area contributed by atoms with Crippen LogP contribution >= 0.6 is 11.6 Å². The van der Waals surface area contributed by atoms with E-state index in [1.807, 2.05) is 43.3 Å². The summed E-state index contributed by atoms with van der Waals surface area (Å²) >= 11 is 5.74. The highest BCUT2D eigenvalue weighted by atomic mass is 35.5. The lowest BCUT2D eigenvalue weighted by atomic mass is 10.3. The Kier molecular flexibility index (Phi) is 3.67. The lowest BCUT2D eigenvalue weighted by Gasteiger charge is -2.09. The SMILES string of the molecule is Cc1cc(NC(=O)C(C)Cl)n(-c2ccccc2)n1. The fraction of sp³-hybridized carbons (Fsp3) is 0.231. The third kappa shape index (κ3) is 2.71. The van der Waals surface area contributed by atoms with Crippen LogP contribution in [0.1, 0.15) is 12.6 Å². The zero-order valence-corrected chi connectivity index (χ0v) is 11.0. The minimum atomic E-state index is -0.579. The van der Waals surface area contributed by atoms with E-state index in [2.05, 4.69) is 10.4 Å². The Balaban J connectivity index is 2.35. The van der Waals surface area contributed by atoms with Crippen LogP contribution in [0.25, 0.3) is 5.69 Å². The Hall–Kier alpha value is -1.81. The van der Waals surface area contributed by atoms with Crippen molar-refractivity contribution in [3.8, 4) is 5.69 Å². The molecular weight excluding hydrogens is 250 g/mol. The van der Waals surface area contributed by atoms with Crippen LogP contribution in [0.15, 0.2) is 36.4 Å². The molecule has 1 amide bonds. The number of carbonyl (C=O) groups excluding carboxylic acids is 1. The van der Waals surface area contributed by atoms with Crippen molar-refractivity contribution in [2.45, 2.75) is 19.2 Å². The quantitative estimate of drug-likeness (QED) is 0.866. The van der Waals surface area contributed by atoms with Gasteiger partial charge in [0, 0.05) is 6.07 Å². The normalized spacial score (nSPS) is 12.2. The number of amides is 1. The van der Waals surface area contributed by atoms with E-state index in [0.717, 1.165) is 11.4 Å². The van der Waals surface area contributed by atoms with Crippen molar-refractivity contribution < 1.29 is 4.79 Å². The standard InChI is InChI=1S/C13H14ClN3O/c1-9-8-12(15-13(18)10(2)14)17(16-9)11-6-4-3-5-7-11/h3-8,10H,1-2H3,(H,15,18). The third-order valence-electron chi connectivity index (χ3n) is 2.44. The summed E-state index contributed by atoms with van der Waals surface area (Å²) in [6, 6.07) is 11.4. The fourth-order valence-corrected chi connectivity index (χ4v) is 1.63. The predicted octanol–water partition coefficient (Wildman–Crippen LogP) is 2.75. The number of nitrogens with one attached hydrogen (secondary N) is 1. The monoisotopic (exact) mass is 263 g/mol. The number of aryl methyl sites for hydroxylation is 1. The van der Waals surface area contributed by atoms with Crippen LogP contribution in [0.4, 0.5) is 5.82 Å². The van der Waals surface area contributed by atoms with Crippen LogP contribution in [0.5, 0.6) is 0 Å². The first kappa shape index (κ1) is 12.6. The summed E-state index contributed by atoms with van der Waals surface area (Å²) in [7, 11) is 0. The van der Waals surface area contributed by atoms with Crippen molar-refractivity contribution in [1.29, 1.82) is 0 Å². The van der Waals surface area contributed by atoms with Gasteiger partial charge in [-0.25, -0.2) is 4.68 Å². The van der Waals surface area contributed by atoms with Gasteiger partial charge >= 0.3 is 0 Å². The lowest BCUT2D eigenvalue weighted by molar-refractivity contribution is -0.115. The highest BCUT2D eigenvalue weighted by Crippen LogP contribution is 2.17. The van der Waals surface area contributed by atoms with Gasteiger partial charge < -0.3 is 5.32 Å². The molecule has 0 spiro atoms. The van der Waals surface area contributed by atoms with Crippen molar-refractivity contribution in [2.24, 2.45) is 0 Å². The number of carbonyl (C=O) groups is 1. The first-order valence-electron chi connectivity index (χ1n) is 5.65. The molecule has 2 rings (SSSR count). The summed E-state index contributed by atoms with van der Waals surface area (Å²) in [5.41, 5.74) is 1.72. The maximum Gasteiger partial charge on any atom is 0.243 e. The minimum absolute atomic E-state index is 0.242. The summed E-state index contributed by atoms with van der Waals surface area (Å²) < 4.78 is 1.69. The van der Waals surface area contributed by atoms with Crippen molar-refractivity contribution in [2.75, 3.05) is 5.32 Å². The van der Waals surface area contributed by atoms with Crippen LogP contribution in [0, 0.1) is 6.92 Å². The summed E-state index contributed by atoms with van der Waals surface area (Å²) in [6.07, 6.45) is 0. The van der Waals surface area contributed by atoms with Gasteiger partial charge in [0.25, 0.3) is 0 Å². The number of hydrogen-bond donors (Lipinski definition) is 1. The smallest absolute Gasteiger partial charge is 0.243 e. The van der Waals surface area contributed by atoms with Crippen LogP contribution < -0.4 is 5.32 Å². The van der Waals surface area contributed by atoms with Crippen molar-refractivity contribution in [1.82, 2.24) is 9.78 Å². The van der Waals surface area contributed by atoms with Crippen LogP contribution in [-0.4, -0.2) is 21.1 Å². The number of rotatable bonds is 3. The number of benzene rings is 1. The van der Waals surface area contributed by atoms with Crippen LogP contribution in [-0.2, 0) is 4.79 Å². The van der Waals surface area contributed by atoms with Gasteiger partial charge in [0.2, 0.25) is 5.91 Å². The fourth-order valence-electron chi connectivity index (χ4n) is 1.58. The number of halogens is 1. The Morgan fingerprint density at radius 2 is 2.06 bits per heavy atom. The molecule has 0 aliphatic rings. The van der Waals surface area contributed by atoms with Crippen molar-refractivity contribution >= 4 is 23.3 Å². The molecule has 18 heavy (non-hydrogen) atoms. The van der Waals surface area contributed by atoms with Crippen molar-refractivity contribution in [3.05, 3.63) is 42.1 Å². The third-order valence-corrected chi connectivity index (χ3v) is 2.64. The zero-order chi connectivity index (χ0) is 13.1. The summed E-state index contributed by atoms with van der Waals surface area (Å²) in [6.45, 7) is 3.51. The highest BCUT2D eigenvalue weighted by Gasteiger charge is 2.13. The van der Waals surface area contributed by atoms with E-state index in [9.17, 15) is 4.79 Å². The first-order valence-corrected chi connectivity index (χ1v) is 6.08. The Labute approximate surface area is 111 Å². The molecule has 94 valence electrons. The largest absolute Gasteiger partial charge is 0.309 e. The van der Waals surface area contributed by atoms with Gasteiger partial charge in [-0.15, -0.1) is 11.6 Å². The molecule has 2 aromatic rings. The Morgan fingerprint density at radius 3 is 2.67 bits per heavy atom. The number of alkyl halides is 1. The molecule has 0 aliphatic carbocycles. The second kappa shape index (κ2) is 5.23. The van der Waals surface area contributed by atoms with Gasteiger partial charge in [-0.2, -0.15) is 5.10 Å². The van der Waals surface area contributed by atoms with Gasteiger partial charge in [-0.1, -0.05) is 18.2 Å². The number of nitrogens with zero attached hydrogens (tertiary/aromatic N) is 2. The van der Waals surface area contributed by atoms with E-state index in [1.165, 1.54) is 0 Å². The molecule has 0 radical (unpaired) electrons. The van der Waals surface area contributed by atoms with Crippen LogP contribution in [0.2, 0.25) is 0 Å². The molecule has 1 unspecified atom stereocenters. The molecule has 0 saturated heterocycles. The number of para-hydroxylation sites is 1. The highest BCUT2D eigenvalue weighted by molar-refractivity contribution is 6.32. The average molecular weight is 264 g/mol. The lowest BCUT2D eigenvalue weighted by Crippen LogP contribution is -2.22. The molecule has 1 aromatic heterocycles. The summed E-state index contributed by atoms with van der Waals surface area (Å²) in [5, 5.41) is 6.53. The molecule has 0 bridgehead atoms. The van der Waals surface area contributed by atoms with E-state index < -0.39 is 5.38 Å². The topological polar surface area (TPSA) is 46.9 Å². The van der Waals surface area contributed by atoms with E-state index in [4.69, 9.17) is 11.6 Å². The predicted molar refractivity (Wildman–Crippen MR) is 72.2 cm³/mol. The first-order chi connectivity index (χ1) is 8.58. The molecule has 0 fully saturated rings. The number of aromatic nitrogens is 2. The van der Waals surface area contributed by atoms with Gasteiger partial charge in [0.15, 0.2) is 0 Å².